The van der Waals surface area contributed by atoms with Gasteiger partial charge in [0, 0.05) is 26.5 Å². The predicted molar refractivity (Wildman–Crippen MR) is 144 cm³/mol. The number of aromatic nitrogens is 2. The van der Waals surface area contributed by atoms with Crippen LogP contribution in [0.3, 0.4) is 0 Å². The number of fused-ring (bicyclic) bond motifs is 1. The number of anilines is 1. The number of thioether (sulfide) groups is 1. The zero-order valence-corrected chi connectivity index (χ0v) is 20.7. The summed E-state index contributed by atoms with van der Waals surface area (Å²) in [5.41, 5.74) is 2.56. The molecular formula is C26H18IN3O3S. The van der Waals surface area contributed by atoms with Crippen molar-refractivity contribution in [1.29, 1.82) is 0 Å². The van der Waals surface area contributed by atoms with Gasteiger partial charge in [-0.15, -0.1) is 0 Å². The Balaban J connectivity index is 1.49. The first-order valence-electron chi connectivity index (χ1n) is 10.4. The van der Waals surface area contributed by atoms with Crippen molar-refractivity contribution in [3.8, 4) is 16.9 Å². The van der Waals surface area contributed by atoms with Crippen LogP contribution in [0.25, 0.3) is 27.9 Å². The van der Waals surface area contributed by atoms with E-state index < -0.39 is 5.63 Å². The molecule has 5 aromatic rings. The quantitative estimate of drug-likeness (QED) is 0.152. The van der Waals surface area contributed by atoms with Crippen LogP contribution in [0.4, 0.5) is 5.69 Å². The molecule has 2 heterocycles. The fourth-order valence-corrected chi connectivity index (χ4v) is 4.62. The molecule has 0 unspecified atom stereocenters. The van der Waals surface area contributed by atoms with Crippen molar-refractivity contribution >= 4 is 56.9 Å². The molecule has 6 nitrogen and oxygen atoms in total. The summed E-state index contributed by atoms with van der Waals surface area (Å²) in [5.74, 6) is 0.0299. The molecule has 1 amide bonds. The third-order valence-electron chi connectivity index (χ3n) is 5.09. The van der Waals surface area contributed by atoms with Crippen LogP contribution < -0.4 is 10.9 Å². The maximum atomic E-state index is 12.7. The molecule has 0 spiro atoms. The smallest absolute Gasteiger partial charge is 0.345 e. The molecule has 0 saturated heterocycles. The molecule has 0 radical (unpaired) electrons. The maximum Gasteiger partial charge on any atom is 0.345 e. The lowest BCUT2D eigenvalue weighted by molar-refractivity contribution is -0.113. The molecule has 0 aliphatic heterocycles. The highest BCUT2D eigenvalue weighted by molar-refractivity contribution is 14.1. The maximum absolute atomic E-state index is 12.7. The van der Waals surface area contributed by atoms with Crippen LogP contribution in [-0.4, -0.2) is 21.2 Å². The highest BCUT2D eigenvalue weighted by Crippen LogP contribution is 2.28. The van der Waals surface area contributed by atoms with E-state index >= 15 is 0 Å². The van der Waals surface area contributed by atoms with Gasteiger partial charge in [0.1, 0.15) is 5.58 Å². The summed E-state index contributed by atoms with van der Waals surface area (Å²) in [6.45, 7) is 0. The van der Waals surface area contributed by atoms with E-state index in [1.807, 2.05) is 77.4 Å². The van der Waals surface area contributed by atoms with Gasteiger partial charge in [-0.3, -0.25) is 9.36 Å². The SMILES string of the molecule is O=C(CSc1nc(-c2cc3ccccc3oc2=O)cn1-c1ccc(I)cc1)Nc1ccccc1. The molecule has 0 fully saturated rings. The van der Waals surface area contributed by atoms with Crippen molar-refractivity contribution in [1.82, 2.24) is 9.55 Å². The molecule has 8 heteroatoms. The van der Waals surface area contributed by atoms with Crippen LogP contribution in [0, 0.1) is 3.57 Å². The van der Waals surface area contributed by atoms with Crippen LogP contribution in [0.1, 0.15) is 0 Å². The number of para-hydroxylation sites is 2. The number of rotatable bonds is 6. The summed E-state index contributed by atoms with van der Waals surface area (Å²) >= 11 is 3.55. The van der Waals surface area contributed by atoms with E-state index in [0.29, 0.717) is 22.0 Å². The fraction of sp³-hybridized carbons (Fsp3) is 0.0385. The van der Waals surface area contributed by atoms with Crippen LogP contribution >= 0.6 is 34.4 Å². The number of benzene rings is 3. The molecule has 0 bridgehead atoms. The molecule has 1 N–H and O–H groups in total. The fourth-order valence-electron chi connectivity index (χ4n) is 3.47. The number of hydrogen-bond donors (Lipinski definition) is 1. The Hall–Kier alpha value is -3.37. The number of amides is 1. The second-order valence-corrected chi connectivity index (χ2v) is 9.63. The van der Waals surface area contributed by atoms with Crippen molar-refractivity contribution in [2.45, 2.75) is 5.16 Å². The number of nitrogens with zero attached hydrogens (tertiary/aromatic N) is 2. The number of carbonyl (C=O) groups excluding carboxylic acids is 1. The topological polar surface area (TPSA) is 77.1 Å². The second-order valence-electron chi connectivity index (χ2n) is 7.44. The zero-order valence-electron chi connectivity index (χ0n) is 17.8. The van der Waals surface area contributed by atoms with E-state index in [9.17, 15) is 9.59 Å². The number of carbonyl (C=O) groups is 1. The van der Waals surface area contributed by atoms with Crippen LogP contribution in [0.15, 0.2) is 105 Å². The highest BCUT2D eigenvalue weighted by Gasteiger charge is 2.17. The van der Waals surface area contributed by atoms with Gasteiger partial charge in [-0.2, -0.15) is 0 Å². The van der Waals surface area contributed by atoms with Crippen molar-refractivity contribution in [3.05, 3.63) is 105 Å². The number of imidazole rings is 1. The summed E-state index contributed by atoms with van der Waals surface area (Å²) in [7, 11) is 0. The van der Waals surface area contributed by atoms with E-state index in [1.54, 1.807) is 18.3 Å². The minimum absolute atomic E-state index is 0.139. The van der Waals surface area contributed by atoms with Crippen LogP contribution in [-0.2, 0) is 4.79 Å². The third kappa shape index (κ3) is 4.92. The van der Waals surface area contributed by atoms with Gasteiger partial charge in [-0.05, 0) is 71.1 Å². The van der Waals surface area contributed by atoms with Gasteiger partial charge >= 0.3 is 5.63 Å². The third-order valence-corrected chi connectivity index (χ3v) is 6.76. The molecule has 5 rings (SSSR count). The monoisotopic (exact) mass is 579 g/mol. The molecular weight excluding hydrogens is 561 g/mol. The van der Waals surface area contributed by atoms with Gasteiger partial charge in [-0.25, -0.2) is 9.78 Å². The van der Waals surface area contributed by atoms with Crippen LogP contribution in [0.2, 0.25) is 0 Å². The van der Waals surface area contributed by atoms with Crippen molar-refractivity contribution in [2.24, 2.45) is 0 Å². The molecule has 0 saturated carbocycles. The van der Waals surface area contributed by atoms with Gasteiger partial charge < -0.3 is 9.73 Å². The largest absolute Gasteiger partial charge is 0.422 e. The van der Waals surface area contributed by atoms with E-state index in [0.717, 1.165) is 20.3 Å². The first-order chi connectivity index (χ1) is 16.6. The Morgan fingerprint density at radius 3 is 2.53 bits per heavy atom. The first-order valence-corrected chi connectivity index (χ1v) is 12.5. The Bertz CT molecular complexity index is 1530. The second kappa shape index (κ2) is 9.86. The van der Waals surface area contributed by atoms with E-state index in [-0.39, 0.29) is 11.7 Å². The van der Waals surface area contributed by atoms with Gasteiger partial charge in [0.15, 0.2) is 5.16 Å². The Morgan fingerprint density at radius 1 is 1.00 bits per heavy atom. The van der Waals surface area contributed by atoms with E-state index in [2.05, 4.69) is 27.9 Å². The Kier molecular flexibility index (Phi) is 6.50. The lowest BCUT2D eigenvalue weighted by Gasteiger charge is -2.08. The van der Waals surface area contributed by atoms with Gasteiger partial charge in [0.2, 0.25) is 5.91 Å². The average Bonchev–Trinajstić information content (AvgIpc) is 3.27. The Morgan fingerprint density at radius 2 is 1.74 bits per heavy atom. The summed E-state index contributed by atoms with van der Waals surface area (Å²) in [5, 5.41) is 4.30. The molecule has 0 aliphatic carbocycles. The van der Waals surface area contributed by atoms with Crippen molar-refractivity contribution in [2.75, 3.05) is 11.1 Å². The molecule has 168 valence electrons. The highest BCUT2D eigenvalue weighted by atomic mass is 127. The molecule has 0 atom stereocenters. The molecule has 34 heavy (non-hydrogen) atoms. The van der Waals surface area contributed by atoms with Crippen LogP contribution in [0.5, 0.6) is 0 Å². The van der Waals surface area contributed by atoms with E-state index in [4.69, 9.17) is 9.40 Å². The molecule has 2 aromatic heterocycles. The lowest BCUT2D eigenvalue weighted by atomic mass is 10.1. The summed E-state index contributed by atoms with van der Waals surface area (Å²) in [6.07, 6.45) is 1.81. The van der Waals surface area contributed by atoms with Crippen molar-refractivity contribution in [3.63, 3.8) is 0 Å². The number of hydrogen-bond acceptors (Lipinski definition) is 5. The van der Waals surface area contributed by atoms with Gasteiger partial charge in [0.25, 0.3) is 0 Å². The average molecular weight is 579 g/mol. The van der Waals surface area contributed by atoms with Gasteiger partial charge in [-0.1, -0.05) is 48.2 Å². The molecule has 3 aromatic carbocycles. The van der Waals surface area contributed by atoms with E-state index in [1.165, 1.54) is 11.8 Å². The minimum atomic E-state index is -0.454. The normalized spacial score (nSPS) is 11.0. The summed E-state index contributed by atoms with van der Waals surface area (Å²) < 4.78 is 8.50. The summed E-state index contributed by atoms with van der Waals surface area (Å²) in [6, 6.07) is 26.4. The zero-order chi connectivity index (χ0) is 23.5. The summed E-state index contributed by atoms with van der Waals surface area (Å²) in [4.78, 5) is 29.9. The standard InChI is InChI=1S/C26H18IN3O3S/c27-18-10-12-20(13-11-18)30-15-22(21-14-17-6-4-5-9-23(17)33-25(21)32)29-26(30)34-16-24(31)28-19-7-2-1-3-8-19/h1-15H,16H2,(H,28,31). The number of nitrogens with one attached hydrogen (secondary N) is 1. The Labute approximate surface area is 213 Å². The van der Waals surface area contributed by atoms with Crippen molar-refractivity contribution < 1.29 is 9.21 Å². The number of halogens is 1. The molecule has 0 aliphatic rings. The van der Waals surface area contributed by atoms with Gasteiger partial charge in [0.05, 0.1) is 17.0 Å². The first kappa shape index (κ1) is 22.4. The lowest BCUT2D eigenvalue weighted by Crippen LogP contribution is -2.14. The predicted octanol–water partition coefficient (Wildman–Crippen LogP) is 5.98. The minimum Gasteiger partial charge on any atom is -0.422 e.